The summed E-state index contributed by atoms with van der Waals surface area (Å²) in [6.45, 7) is 15.8. The van der Waals surface area contributed by atoms with E-state index in [0.717, 1.165) is 12.0 Å². The van der Waals surface area contributed by atoms with Gasteiger partial charge < -0.3 is 14.1 Å². The molecule has 1 amide bonds. The average Bonchev–Trinajstić information content (AvgIpc) is 2.75. The van der Waals surface area contributed by atoms with E-state index in [0.29, 0.717) is 12.0 Å². The monoisotopic (exact) mass is 505 g/mol. The number of amides is 1. The molecule has 1 aromatic carbocycles. The van der Waals surface area contributed by atoms with Gasteiger partial charge in [-0.15, -0.1) is 0 Å². The maximum absolute atomic E-state index is 13.7. The van der Waals surface area contributed by atoms with Crippen LogP contribution in [0.3, 0.4) is 0 Å². The average molecular weight is 506 g/mol. The molecule has 0 saturated carbocycles. The third-order valence-electron chi connectivity index (χ3n) is 7.29. The van der Waals surface area contributed by atoms with Crippen molar-refractivity contribution in [2.75, 3.05) is 6.61 Å². The van der Waals surface area contributed by atoms with Crippen molar-refractivity contribution in [2.24, 2.45) is 17.3 Å². The number of alkyl halides is 1. The third kappa shape index (κ3) is 4.62. The zero-order valence-corrected chi connectivity index (χ0v) is 22.9. The summed E-state index contributed by atoms with van der Waals surface area (Å²) in [5.74, 6) is -2.10. The zero-order valence-electron chi connectivity index (χ0n) is 21.0. The minimum Gasteiger partial charge on any atom is -0.459 e. The fourth-order valence-corrected chi connectivity index (χ4v) is 7.03. The number of ether oxygens (including phenoxy) is 1. The molecular weight excluding hydrogens is 470 g/mol. The molecule has 1 aliphatic heterocycles. The van der Waals surface area contributed by atoms with Gasteiger partial charge >= 0.3 is 5.97 Å². The molecule has 0 N–H and O–H groups in total. The van der Waals surface area contributed by atoms with Crippen molar-refractivity contribution in [1.29, 1.82) is 0 Å². The summed E-state index contributed by atoms with van der Waals surface area (Å²) in [5, 5.41) is 0. The van der Waals surface area contributed by atoms with Gasteiger partial charge in [-0.25, -0.2) is 4.79 Å². The van der Waals surface area contributed by atoms with Crippen LogP contribution in [-0.4, -0.2) is 55.4 Å². The van der Waals surface area contributed by atoms with E-state index in [1.807, 2.05) is 52.0 Å². The minimum absolute atomic E-state index is 0.00429. The number of ketones is 1. The number of halogens is 1. The van der Waals surface area contributed by atoms with Crippen LogP contribution in [0.5, 0.6) is 0 Å². The molecule has 34 heavy (non-hydrogen) atoms. The van der Waals surface area contributed by atoms with Gasteiger partial charge in [0.05, 0.1) is 17.6 Å². The number of β-lactam (4-membered cyclic amide) rings is 1. The minimum atomic E-state index is -1.57. The van der Waals surface area contributed by atoms with Crippen molar-refractivity contribution in [3.8, 4) is 0 Å². The van der Waals surface area contributed by atoms with E-state index in [4.69, 9.17) is 20.8 Å². The van der Waals surface area contributed by atoms with Gasteiger partial charge in [0.2, 0.25) is 11.4 Å². The van der Waals surface area contributed by atoms with Crippen molar-refractivity contribution in [1.82, 2.24) is 4.90 Å². The van der Waals surface area contributed by atoms with Crippen molar-refractivity contribution in [3.05, 3.63) is 48.0 Å². The van der Waals surface area contributed by atoms with Crippen molar-refractivity contribution >= 4 is 38.3 Å². The van der Waals surface area contributed by atoms with E-state index >= 15 is 0 Å². The highest BCUT2D eigenvalue weighted by molar-refractivity contribution is 6.48. The quantitative estimate of drug-likeness (QED) is 0.131. The predicted molar refractivity (Wildman–Crippen MR) is 135 cm³/mol. The van der Waals surface area contributed by atoms with Gasteiger partial charge in [0.25, 0.3) is 0 Å². The van der Waals surface area contributed by atoms with Crippen LogP contribution in [0.4, 0.5) is 0 Å². The van der Waals surface area contributed by atoms with Gasteiger partial charge in [-0.2, -0.15) is 0 Å². The number of esters is 1. The Morgan fingerprint density at radius 1 is 1.26 bits per heavy atom. The van der Waals surface area contributed by atoms with Crippen LogP contribution in [0.2, 0.25) is 13.1 Å². The first-order valence-corrected chi connectivity index (χ1v) is 15.1. The van der Waals surface area contributed by atoms with Crippen molar-refractivity contribution < 1.29 is 23.5 Å². The molecule has 0 spiro atoms. The summed E-state index contributed by atoms with van der Waals surface area (Å²) >= 11 is 6.51. The Morgan fingerprint density at radius 2 is 1.91 bits per heavy atom. The second-order valence-corrected chi connectivity index (χ2v) is 13.4. The summed E-state index contributed by atoms with van der Waals surface area (Å²) in [7, 11) is -1.57. The van der Waals surface area contributed by atoms with Gasteiger partial charge in [0.1, 0.15) is 6.61 Å². The zero-order chi connectivity index (χ0) is 25.4. The standard InChI is InChI=1S/C26H36ClNO5Si/c1-8-15-32-24(31)22(27)28-20(18-14-13-16-11-9-10-12-17(16)21(18)29)19(23(28)30)26(5,25(2,3)4)33-34(6)7/h8-12,18-20,22,34H,1,13-15H2,2-7H3/t18-,19-,20-,22?,26-/m1/s1. The summed E-state index contributed by atoms with van der Waals surface area (Å²) < 4.78 is 11.7. The number of hydrogen-bond donors (Lipinski definition) is 0. The molecule has 186 valence electrons. The smallest absolute Gasteiger partial charge is 0.344 e. The lowest BCUT2D eigenvalue weighted by atomic mass is 9.59. The number of Topliss-reactive ketones (excluding diaryl/α,β-unsaturated/α-hetero) is 1. The fourth-order valence-electron chi connectivity index (χ4n) is 5.26. The number of aryl methyl sites for hydroxylation is 1. The van der Waals surface area contributed by atoms with Crippen LogP contribution in [0.1, 0.15) is 50.0 Å². The van der Waals surface area contributed by atoms with E-state index in [9.17, 15) is 14.4 Å². The second-order valence-electron chi connectivity index (χ2n) is 10.7. The Bertz CT molecular complexity index is 974. The Balaban J connectivity index is 2.06. The van der Waals surface area contributed by atoms with E-state index in [1.54, 1.807) is 0 Å². The molecule has 0 radical (unpaired) electrons. The first kappa shape index (κ1) is 26.6. The highest BCUT2D eigenvalue weighted by Crippen LogP contribution is 2.52. The third-order valence-corrected chi connectivity index (χ3v) is 8.63. The van der Waals surface area contributed by atoms with Crippen LogP contribution in [0, 0.1) is 17.3 Å². The van der Waals surface area contributed by atoms with Gasteiger partial charge in [-0.1, -0.05) is 69.3 Å². The van der Waals surface area contributed by atoms with Crippen LogP contribution < -0.4 is 0 Å². The van der Waals surface area contributed by atoms with Crippen LogP contribution in [0.15, 0.2) is 36.9 Å². The number of rotatable bonds is 8. The van der Waals surface area contributed by atoms with Crippen molar-refractivity contribution in [2.45, 2.75) is 70.8 Å². The highest BCUT2D eigenvalue weighted by atomic mass is 35.5. The topological polar surface area (TPSA) is 72.9 Å². The largest absolute Gasteiger partial charge is 0.459 e. The molecule has 0 aromatic heterocycles. The molecule has 1 fully saturated rings. The molecule has 6 nitrogen and oxygen atoms in total. The Labute approximate surface area is 209 Å². The number of likely N-dealkylation sites (tertiary alicyclic amines) is 1. The van der Waals surface area contributed by atoms with Gasteiger partial charge in [-0.3, -0.25) is 9.59 Å². The molecule has 1 unspecified atom stereocenters. The molecule has 0 bridgehead atoms. The highest BCUT2D eigenvalue weighted by Gasteiger charge is 2.65. The molecule has 2 aliphatic rings. The van der Waals surface area contributed by atoms with E-state index in [1.165, 1.54) is 11.0 Å². The fraction of sp³-hybridized carbons (Fsp3) is 0.577. The number of carbonyl (C=O) groups is 3. The van der Waals surface area contributed by atoms with E-state index in [-0.39, 0.29) is 18.3 Å². The first-order chi connectivity index (χ1) is 15.8. The lowest BCUT2D eigenvalue weighted by Crippen LogP contribution is -2.76. The molecular formula is C26H36ClNO5Si. The summed E-state index contributed by atoms with van der Waals surface area (Å²) in [6.07, 6.45) is 2.74. The Morgan fingerprint density at radius 3 is 2.50 bits per heavy atom. The van der Waals surface area contributed by atoms with Crippen molar-refractivity contribution in [3.63, 3.8) is 0 Å². The maximum Gasteiger partial charge on any atom is 0.344 e. The number of hydrogen-bond acceptors (Lipinski definition) is 5. The number of benzene rings is 1. The lowest BCUT2D eigenvalue weighted by molar-refractivity contribution is -0.195. The predicted octanol–water partition coefficient (Wildman–Crippen LogP) is 4.36. The number of fused-ring (bicyclic) bond motifs is 1. The Kier molecular flexibility index (Phi) is 7.80. The molecule has 3 rings (SSSR count). The number of carbonyl (C=O) groups excluding carboxylic acids is 3. The van der Waals surface area contributed by atoms with E-state index in [2.05, 4.69) is 19.7 Å². The number of nitrogens with zero attached hydrogens (tertiary/aromatic N) is 1. The molecule has 8 heteroatoms. The second kappa shape index (κ2) is 9.95. The molecule has 1 heterocycles. The molecule has 1 aliphatic carbocycles. The SMILES string of the molecule is C=CCOC(=O)C(Cl)N1C(=O)[C@H]([C@@](C)(O[SiH](C)C)C(C)(C)C)[C@H]1[C@H]1CCc2ccccc2C1=O. The summed E-state index contributed by atoms with van der Waals surface area (Å²) in [6, 6.07) is 7.01. The normalized spacial score (nSPS) is 25.3. The first-order valence-electron chi connectivity index (χ1n) is 11.9. The van der Waals surface area contributed by atoms with Gasteiger partial charge in [0, 0.05) is 11.5 Å². The van der Waals surface area contributed by atoms with Crippen LogP contribution in [-0.2, 0) is 25.2 Å². The molecule has 1 saturated heterocycles. The molecule has 1 aromatic rings. The summed E-state index contributed by atoms with van der Waals surface area (Å²) in [4.78, 5) is 41.3. The van der Waals surface area contributed by atoms with Crippen LogP contribution in [0.25, 0.3) is 0 Å². The Hall–Kier alpha value is -1.96. The summed E-state index contributed by atoms with van der Waals surface area (Å²) in [5.41, 5.74) is -0.858. The van der Waals surface area contributed by atoms with Gasteiger partial charge in [-0.05, 0) is 43.8 Å². The lowest BCUT2D eigenvalue weighted by Gasteiger charge is -2.61. The van der Waals surface area contributed by atoms with E-state index < -0.39 is 49.4 Å². The molecule has 5 atom stereocenters. The van der Waals surface area contributed by atoms with Gasteiger partial charge in [0.15, 0.2) is 14.8 Å². The maximum atomic E-state index is 13.7. The van der Waals surface area contributed by atoms with Crippen LogP contribution >= 0.6 is 11.6 Å².